The molecule has 1 aliphatic carbocycles. The van der Waals surface area contributed by atoms with Crippen molar-refractivity contribution in [3.8, 4) is 0 Å². The summed E-state index contributed by atoms with van der Waals surface area (Å²) >= 11 is 0. The molecule has 0 heterocycles. The lowest BCUT2D eigenvalue weighted by Gasteiger charge is -2.30. The Kier molecular flexibility index (Phi) is 3.66. The SMILES string of the molecule is CCN(CC(C)(C)O)C(=O)C1(C(N)=NO)CC1. The molecule has 0 aromatic rings. The summed E-state index contributed by atoms with van der Waals surface area (Å²) in [5, 5.41) is 21.4. The highest BCUT2D eigenvalue weighted by Crippen LogP contribution is 2.47. The molecule has 0 saturated heterocycles. The number of amides is 1. The quantitative estimate of drug-likeness (QED) is 0.276. The fourth-order valence-corrected chi connectivity index (χ4v) is 1.90. The lowest BCUT2D eigenvalue weighted by molar-refractivity contribution is -0.137. The molecule has 98 valence electrons. The Morgan fingerprint density at radius 3 is 2.35 bits per heavy atom. The number of aliphatic hydroxyl groups is 1. The first-order chi connectivity index (χ1) is 7.77. The van der Waals surface area contributed by atoms with E-state index in [2.05, 4.69) is 5.16 Å². The van der Waals surface area contributed by atoms with Crippen molar-refractivity contribution in [3.63, 3.8) is 0 Å². The summed E-state index contributed by atoms with van der Waals surface area (Å²) in [5.41, 5.74) is 3.77. The van der Waals surface area contributed by atoms with Gasteiger partial charge in [-0.3, -0.25) is 4.79 Å². The zero-order valence-corrected chi connectivity index (χ0v) is 10.6. The number of nitrogens with zero attached hydrogens (tertiary/aromatic N) is 2. The van der Waals surface area contributed by atoms with Gasteiger partial charge in [0.05, 0.1) is 5.60 Å². The second-order valence-electron chi connectivity index (χ2n) is 5.20. The highest BCUT2D eigenvalue weighted by molar-refractivity contribution is 6.09. The van der Waals surface area contributed by atoms with E-state index in [0.29, 0.717) is 19.4 Å². The lowest BCUT2D eigenvalue weighted by Crippen LogP contribution is -2.48. The van der Waals surface area contributed by atoms with E-state index in [1.807, 2.05) is 6.92 Å². The van der Waals surface area contributed by atoms with Gasteiger partial charge in [-0.05, 0) is 33.6 Å². The van der Waals surface area contributed by atoms with Crippen molar-refractivity contribution in [2.75, 3.05) is 13.1 Å². The van der Waals surface area contributed by atoms with E-state index in [1.54, 1.807) is 18.7 Å². The van der Waals surface area contributed by atoms with E-state index >= 15 is 0 Å². The molecular formula is C11H21N3O3. The van der Waals surface area contributed by atoms with E-state index in [-0.39, 0.29) is 18.3 Å². The molecule has 4 N–H and O–H groups in total. The molecule has 0 unspecified atom stereocenters. The van der Waals surface area contributed by atoms with Crippen molar-refractivity contribution in [1.29, 1.82) is 0 Å². The van der Waals surface area contributed by atoms with Crippen LogP contribution in [0.15, 0.2) is 5.16 Å². The normalized spacial score (nSPS) is 18.9. The van der Waals surface area contributed by atoms with Crippen LogP contribution >= 0.6 is 0 Å². The van der Waals surface area contributed by atoms with E-state index in [1.165, 1.54) is 0 Å². The highest BCUT2D eigenvalue weighted by atomic mass is 16.4. The summed E-state index contributed by atoms with van der Waals surface area (Å²) in [4.78, 5) is 13.8. The number of rotatable bonds is 5. The van der Waals surface area contributed by atoms with Crippen LogP contribution in [0.3, 0.4) is 0 Å². The number of nitrogens with two attached hydrogens (primary N) is 1. The molecular weight excluding hydrogens is 222 g/mol. The number of carbonyl (C=O) groups is 1. The van der Waals surface area contributed by atoms with Crippen LogP contribution in [0.5, 0.6) is 0 Å². The summed E-state index contributed by atoms with van der Waals surface area (Å²) in [5.74, 6) is -0.200. The summed E-state index contributed by atoms with van der Waals surface area (Å²) in [6.45, 7) is 5.86. The van der Waals surface area contributed by atoms with Crippen LogP contribution in [-0.4, -0.2) is 45.6 Å². The largest absolute Gasteiger partial charge is 0.409 e. The van der Waals surface area contributed by atoms with Crippen molar-refractivity contribution < 1.29 is 15.1 Å². The van der Waals surface area contributed by atoms with Crippen molar-refractivity contribution in [2.45, 2.75) is 39.2 Å². The molecule has 1 fully saturated rings. The van der Waals surface area contributed by atoms with Gasteiger partial charge in [0, 0.05) is 13.1 Å². The maximum Gasteiger partial charge on any atom is 0.236 e. The van der Waals surface area contributed by atoms with Gasteiger partial charge in [-0.1, -0.05) is 5.16 Å². The molecule has 6 nitrogen and oxygen atoms in total. The second-order valence-corrected chi connectivity index (χ2v) is 5.20. The van der Waals surface area contributed by atoms with Crippen LogP contribution in [0.1, 0.15) is 33.6 Å². The molecule has 1 rings (SSSR count). The Morgan fingerprint density at radius 1 is 1.53 bits per heavy atom. The molecule has 0 aliphatic heterocycles. The van der Waals surface area contributed by atoms with E-state index in [4.69, 9.17) is 10.9 Å². The average Bonchev–Trinajstić information content (AvgIpc) is 3.03. The van der Waals surface area contributed by atoms with Crippen LogP contribution in [0.25, 0.3) is 0 Å². The van der Waals surface area contributed by atoms with Crippen molar-refractivity contribution in [1.82, 2.24) is 4.90 Å². The van der Waals surface area contributed by atoms with Crippen molar-refractivity contribution in [3.05, 3.63) is 0 Å². The first-order valence-electron chi connectivity index (χ1n) is 5.76. The Morgan fingerprint density at radius 2 is 2.06 bits per heavy atom. The summed E-state index contributed by atoms with van der Waals surface area (Å²) in [6.07, 6.45) is 1.20. The van der Waals surface area contributed by atoms with Gasteiger partial charge in [-0.25, -0.2) is 0 Å². The zero-order chi connectivity index (χ0) is 13.3. The van der Waals surface area contributed by atoms with Gasteiger partial charge < -0.3 is 20.9 Å². The van der Waals surface area contributed by atoms with E-state index in [9.17, 15) is 9.90 Å². The molecule has 1 aliphatic rings. The standard InChI is InChI=1S/C11H21N3O3/c1-4-14(7-10(2,3)16)9(15)11(5-6-11)8(12)13-17/h16-17H,4-7H2,1-3H3,(H2,12,13). The highest BCUT2D eigenvalue weighted by Gasteiger charge is 2.55. The number of amidine groups is 1. The van der Waals surface area contributed by atoms with Gasteiger partial charge in [0.2, 0.25) is 5.91 Å². The van der Waals surface area contributed by atoms with E-state index in [0.717, 1.165) is 0 Å². The molecule has 1 saturated carbocycles. The van der Waals surface area contributed by atoms with Gasteiger partial charge in [0.15, 0.2) is 5.84 Å². The molecule has 0 atom stereocenters. The Hall–Kier alpha value is -1.30. The third-order valence-electron chi connectivity index (χ3n) is 3.00. The van der Waals surface area contributed by atoms with E-state index < -0.39 is 11.0 Å². The maximum atomic E-state index is 12.3. The van der Waals surface area contributed by atoms with Gasteiger partial charge in [0.1, 0.15) is 5.41 Å². The Labute approximate surface area is 101 Å². The maximum absolute atomic E-state index is 12.3. The molecule has 0 aromatic carbocycles. The third-order valence-corrected chi connectivity index (χ3v) is 3.00. The second kappa shape index (κ2) is 4.52. The molecule has 6 heteroatoms. The number of hydrogen-bond donors (Lipinski definition) is 3. The monoisotopic (exact) mass is 243 g/mol. The van der Waals surface area contributed by atoms with Gasteiger partial charge in [-0.2, -0.15) is 0 Å². The van der Waals surface area contributed by atoms with Crippen LogP contribution in [0.4, 0.5) is 0 Å². The minimum Gasteiger partial charge on any atom is -0.409 e. The molecule has 1 amide bonds. The first-order valence-corrected chi connectivity index (χ1v) is 5.76. The Bertz CT molecular complexity index is 329. The lowest BCUT2D eigenvalue weighted by atomic mass is 10.0. The Balaban J connectivity index is 2.81. The van der Waals surface area contributed by atoms with Crippen LogP contribution < -0.4 is 5.73 Å². The van der Waals surface area contributed by atoms with Gasteiger partial charge >= 0.3 is 0 Å². The van der Waals surface area contributed by atoms with Crippen LogP contribution in [-0.2, 0) is 4.79 Å². The smallest absolute Gasteiger partial charge is 0.236 e. The molecule has 17 heavy (non-hydrogen) atoms. The summed E-state index contributed by atoms with van der Waals surface area (Å²) < 4.78 is 0. The number of likely N-dealkylation sites (N-methyl/N-ethyl adjacent to an activating group) is 1. The number of hydrogen-bond acceptors (Lipinski definition) is 4. The van der Waals surface area contributed by atoms with Gasteiger partial charge in [-0.15, -0.1) is 0 Å². The van der Waals surface area contributed by atoms with Crippen molar-refractivity contribution >= 4 is 11.7 Å². The zero-order valence-electron chi connectivity index (χ0n) is 10.6. The molecule has 0 aromatic heterocycles. The fourth-order valence-electron chi connectivity index (χ4n) is 1.90. The predicted octanol–water partition coefficient (Wildman–Crippen LogP) is 0.132. The van der Waals surface area contributed by atoms with Crippen molar-refractivity contribution in [2.24, 2.45) is 16.3 Å². The minimum atomic E-state index is -0.952. The first kappa shape index (κ1) is 13.8. The molecule has 0 spiro atoms. The van der Waals surface area contributed by atoms with Gasteiger partial charge in [0.25, 0.3) is 0 Å². The fraction of sp³-hybridized carbons (Fsp3) is 0.818. The molecule has 0 bridgehead atoms. The number of oxime groups is 1. The van der Waals surface area contributed by atoms with Crippen LogP contribution in [0.2, 0.25) is 0 Å². The average molecular weight is 243 g/mol. The van der Waals surface area contributed by atoms with Crippen LogP contribution in [0, 0.1) is 5.41 Å². The minimum absolute atomic E-state index is 0.0308. The third kappa shape index (κ3) is 2.88. The molecule has 0 radical (unpaired) electrons. The summed E-state index contributed by atoms with van der Waals surface area (Å²) in [6, 6.07) is 0. The number of carbonyl (C=O) groups excluding carboxylic acids is 1. The topological polar surface area (TPSA) is 99.2 Å². The summed E-state index contributed by atoms with van der Waals surface area (Å²) in [7, 11) is 0. The predicted molar refractivity (Wildman–Crippen MR) is 63.6 cm³/mol.